The van der Waals surface area contributed by atoms with Gasteiger partial charge in [0.05, 0.1) is 4.90 Å². The Balaban J connectivity index is 2.23. The summed E-state index contributed by atoms with van der Waals surface area (Å²) >= 11 is 5.81. The molecule has 0 aliphatic rings. The van der Waals surface area contributed by atoms with E-state index < -0.39 is 10.0 Å². The van der Waals surface area contributed by atoms with E-state index in [0.29, 0.717) is 10.6 Å². The monoisotopic (exact) mass is 313 g/mol. The minimum Gasteiger partial charge on any atom is -0.207 e. The third kappa shape index (κ3) is 3.36. The van der Waals surface area contributed by atoms with Crippen molar-refractivity contribution in [1.29, 1.82) is 0 Å². The number of halogens is 2. The lowest BCUT2D eigenvalue weighted by molar-refractivity contribution is 0.466. The first-order valence-corrected chi connectivity index (χ1v) is 7.68. The van der Waals surface area contributed by atoms with Crippen molar-refractivity contribution in [2.75, 3.05) is 7.05 Å². The van der Waals surface area contributed by atoms with Crippen LogP contribution in [-0.2, 0) is 16.6 Å². The van der Waals surface area contributed by atoms with Crippen molar-refractivity contribution in [3.8, 4) is 0 Å². The summed E-state index contributed by atoms with van der Waals surface area (Å²) in [6, 6.07) is 11.8. The van der Waals surface area contributed by atoms with E-state index in [-0.39, 0.29) is 17.3 Å². The Labute approximate surface area is 122 Å². The zero-order chi connectivity index (χ0) is 14.8. The molecule has 106 valence electrons. The molecule has 20 heavy (non-hydrogen) atoms. The Hall–Kier alpha value is -1.43. The van der Waals surface area contributed by atoms with Gasteiger partial charge in [0.15, 0.2) is 0 Å². The molecule has 2 aromatic carbocycles. The summed E-state index contributed by atoms with van der Waals surface area (Å²) in [7, 11) is -2.14. The van der Waals surface area contributed by atoms with Crippen molar-refractivity contribution in [3.05, 3.63) is 64.9 Å². The normalized spacial score (nSPS) is 11.8. The van der Waals surface area contributed by atoms with Crippen LogP contribution < -0.4 is 0 Å². The first kappa shape index (κ1) is 15.0. The molecule has 2 rings (SSSR count). The Morgan fingerprint density at radius 1 is 1.15 bits per heavy atom. The minimum absolute atomic E-state index is 0.134. The summed E-state index contributed by atoms with van der Waals surface area (Å²) < 4.78 is 38.7. The molecule has 0 saturated carbocycles. The van der Waals surface area contributed by atoms with Gasteiger partial charge in [-0.15, -0.1) is 0 Å². The van der Waals surface area contributed by atoms with Crippen LogP contribution in [0.3, 0.4) is 0 Å². The van der Waals surface area contributed by atoms with Crippen LogP contribution in [0, 0.1) is 5.82 Å². The van der Waals surface area contributed by atoms with E-state index in [1.54, 1.807) is 24.3 Å². The van der Waals surface area contributed by atoms with Gasteiger partial charge in [0, 0.05) is 18.6 Å². The van der Waals surface area contributed by atoms with Crippen molar-refractivity contribution in [1.82, 2.24) is 4.31 Å². The van der Waals surface area contributed by atoms with Gasteiger partial charge in [-0.2, -0.15) is 4.31 Å². The molecule has 0 fully saturated rings. The SMILES string of the molecule is CN(Cc1ccc(F)cc1)S(=O)(=O)c1cccc(Cl)c1. The van der Waals surface area contributed by atoms with Crippen LogP contribution in [0.4, 0.5) is 4.39 Å². The summed E-state index contributed by atoms with van der Waals surface area (Å²) in [5.41, 5.74) is 0.708. The lowest BCUT2D eigenvalue weighted by atomic mass is 10.2. The molecule has 0 amide bonds. The fourth-order valence-electron chi connectivity index (χ4n) is 1.74. The lowest BCUT2D eigenvalue weighted by Crippen LogP contribution is -2.26. The van der Waals surface area contributed by atoms with Crippen molar-refractivity contribution >= 4 is 21.6 Å². The van der Waals surface area contributed by atoms with E-state index in [1.165, 1.54) is 35.6 Å². The standard InChI is InChI=1S/C14H13ClFNO2S/c1-17(10-11-5-7-13(16)8-6-11)20(18,19)14-4-2-3-12(15)9-14/h2-9H,10H2,1H3. The number of hydrogen-bond donors (Lipinski definition) is 0. The first-order chi connectivity index (χ1) is 9.39. The molecular weight excluding hydrogens is 301 g/mol. The largest absolute Gasteiger partial charge is 0.243 e. The molecular formula is C14H13ClFNO2S. The summed E-state index contributed by atoms with van der Waals surface area (Å²) in [5.74, 6) is -0.353. The molecule has 0 spiro atoms. The second-order valence-corrected chi connectivity index (χ2v) is 6.83. The van der Waals surface area contributed by atoms with Gasteiger partial charge in [-0.05, 0) is 35.9 Å². The van der Waals surface area contributed by atoms with Gasteiger partial charge in [-0.25, -0.2) is 12.8 Å². The minimum atomic E-state index is -3.61. The predicted octanol–water partition coefficient (Wildman–Crippen LogP) is 3.30. The number of benzene rings is 2. The highest BCUT2D eigenvalue weighted by Gasteiger charge is 2.21. The summed E-state index contributed by atoms with van der Waals surface area (Å²) in [5, 5.41) is 0.362. The smallest absolute Gasteiger partial charge is 0.207 e. The predicted molar refractivity (Wildman–Crippen MR) is 76.5 cm³/mol. The molecule has 3 nitrogen and oxygen atoms in total. The van der Waals surface area contributed by atoms with Crippen molar-refractivity contribution in [3.63, 3.8) is 0 Å². The van der Waals surface area contributed by atoms with Crippen molar-refractivity contribution in [2.24, 2.45) is 0 Å². The maximum absolute atomic E-state index is 12.8. The summed E-state index contributed by atoms with van der Waals surface area (Å²) in [6.07, 6.45) is 0. The topological polar surface area (TPSA) is 37.4 Å². The van der Waals surface area contributed by atoms with Gasteiger partial charge in [0.1, 0.15) is 5.82 Å². The molecule has 0 heterocycles. The average Bonchev–Trinajstić information content (AvgIpc) is 2.41. The highest BCUT2D eigenvalue weighted by atomic mass is 35.5. The molecule has 6 heteroatoms. The molecule has 0 atom stereocenters. The number of rotatable bonds is 4. The van der Waals surface area contributed by atoms with Gasteiger partial charge in [0.2, 0.25) is 10.0 Å². The molecule has 0 unspecified atom stereocenters. The van der Waals surface area contributed by atoms with Crippen LogP contribution in [0.5, 0.6) is 0 Å². The zero-order valence-corrected chi connectivity index (χ0v) is 12.3. The molecule has 0 N–H and O–H groups in total. The Morgan fingerprint density at radius 2 is 1.80 bits per heavy atom. The van der Waals surface area contributed by atoms with Crippen LogP contribution in [0.25, 0.3) is 0 Å². The van der Waals surface area contributed by atoms with E-state index >= 15 is 0 Å². The zero-order valence-electron chi connectivity index (χ0n) is 10.8. The van der Waals surface area contributed by atoms with Gasteiger partial charge < -0.3 is 0 Å². The van der Waals surface area contributed by atoms with E-state index in [2.05, 4.69) is 0 Å². The quantitative estimate of drug-likeness (QED) is 0.868. The van der Waals surface area contributed by atoms with Gasteiger partial charge in [0.25, 0.3) is 0 Å². The highest BCUT2D eigenvalue weighted by molar-refractivity contribution is 7.89. The van der Waals surface area contributed by atoms with Crippen LogP contribution in [0.1, 0.15) is 5.56 Å². The molecule has 0 bridgehead atoms. The number of nitrogens with zero attached hydrogens (tertiary/aromatic N) is 1. The van der Waals surface area contributed by atoms with Gasteiger partial charge in [-0.3, -0.25) is 0 Å². The molecule has 0 saturated heterocycles. The molecule has 0 radical (unpaired) electrons. The van der Waals surface area contributed by atoms with Gasteiger partial charge >= 0.3 is 0 Å². The maximum atomic E-state index is 12.8. The fraction of sp³-hybridized carbons (Fsp3) is 0.143. The molecule has 0 aliphatic heterocycles. The second kappa shape index (κ2) is 5.91. The van der Waals surface area contributed by atoms with Crippen LogP contribution in [0.15, 0.2) is 53.4 Å². The molecule has 0 aromatic heterocycles. The number of sulfonamides is 1. The summed E-state index contributed by atoms with van der Waals surface area (Å²) in [4.78, 5) is 0.134. The average molecular weight is 314 g/mol. The molecule has 2 aromatic rings. The van der Waals surface area contributed by atoms with E-state index in [0.717, 1.165) is 0 Å². The Kier molecular flexibility index (Phi) is 4.42. The third-order valence-electron chi connectivity index (χ3n) is 2.82. The third-order valence-corrected chi connectivity index (χ3v) is 4.86. The van der Waals surface area contributed by atoms with E-state index in [1.807, 2.05) is 0 Å². The Bertz CT molecular complexity index is 701. The maximum Gasteiger partial charge on any atom is 0.243 e. The molecule has 0 aliphatic carbocycles. The highest BCUT2D eigenvalue weighted by Crippen LogP contribution is 2.20. The number of hydrogen-bond acceptors (Lipinski definition) is 2. The summed E-state index contributed by atoms with van der Waals surface area (Å²) in [6.45, 7) is 0.162. The van der Waals surface area contributed by atoms with E-state index in [4.69, 9.17) is 11.6 Å². The van der Waals surface area contributed by atoms with Crippen LogP contribution in [0.2, 0.25) is 5.02 Å². The van der Waals surface area contributed by atoms with Crippen molar-refractivity contribution < 1.29 is 12.8 Å². The Morgan fingerprint density at radius 3 is 2.40 bits per heavy atom. The van der Waals surface area contributed by atoms with Crippen molar-refractivity contribution in [2.45, 2.75) is 11.4 Å². The van der Waals surface area contributed by atoms with E-state index in [9.17, 15) is 12.8 Å². The van der Waals surface area contributed by atoms with Crippen LogP contribution in [-0.4, -0.2) is 19.8 Å². The van der Waals surface area contributed by atoms with Gasteiger partial charge in [-0.1, -0.05) is 29.8 Å². The lowest BCUT2D eigenvalue weighted by Gasteiger charge is -2.17. The first-order valence-electron chi connectivity index (χ1n) is 5.86. The second-order valence-electron chi connectivity index (χ2n) is 4.34. The van der Waals surface area contributed by atoms with Crippen LogP contribution >= 0.6 is 11.6 Å². The fourth-order valence-corrected chi connectivity index (χ4v) is 3.20.